The molecule has 0 aliphatic heterocycles. The zero-order valence-electron chi connectivity index (χ0n) is 15.7. The van der Waals surface area contributed by atoms with Crippen molar-refractivity contribution in [3.05, 3.63) is 84.4 Å². The van der Waals surface area contributed by atoms with Gasteiger partial charge in [-0.1, -0.05) is 0 Å². The predicted octanol–water partition coefficient (Wildman–Crippen LogP) is 4.20. The second-order valence-corrected chi connectivity index (χ2v) is 7.91. The van der Waals surface area contributed by atoms with Crippen molar-refractivity contribution in [2.45, 2.75) is 39.5 Å². The third-order valence-corrected chi connectivity index (χ3v) is 5.75. The molecule has 0 aliphatic rings. The van der Waals surface area contributed by atoms with E-state index in [0.29, 0.717) is 0 Å². The number of aliphatic hydroxyl groups excluding tert-OH is 1. The van der Waals surface area contributed by atoms with Crippen LogP contribution in [-0.2, 0) is 13.1 Å². The zero-order chi connectivity index (χ0) is 18.9. The molecule has 0 bridgehead atoms. The summed E-state index contributed by atoms with van der Waals surface area (Å²) in [6, 6.07) is 20.9. The molecule has 0 spiro atoms. The maximum atomic E-state index is 10.8. The normalized spacial score (nSPS) is 13.2. The van der Waals surface area contributed by atoms with Gasteiger partial charge < -0.3 is 0 Å². The third kappa shape index (κ3) is 5.95. The molecule has 2 rings (SSSR count). The van der Waals surface area contributed by atoms with Crippen LogP contribution in [0, 0.1) is 11.8 Å². The Bertz CT molecular complexity index is 642. The summed E-state index contributed by atoms with van der Waals surface area (Å²) < 4.78 is 1.10. The second kappa shape index (κ2) is 10.5. The van der Waals surface area contributed by atoms with E-state index in [4.69, 9.17) is 0 Å². The third-order valence-electron chi connectivity index (χ3n) is 4.58. The van der Waals surface area contributed by atoms with E-state index in [1.165, 1.54) is 11.1 Å². The van der Waals surface area contributed by atoms with Crippen molar-refractivity contribution in [2.24, 2.45) is 11.8 Å². The van der Waals surface area contributed by atoms with Gasteiger partial charge >= 0.3 is 166 Å². The van der Waals surface area contributed by atoms with Gasteiger partial charge in [0.25, 0.3) is 0 Å². The number of benzene rings is 2. The first kappa shape index (κ1) is 20.6. The van der Waals surface area contributed by atoms with Crippen molar-refractivity contribution in [1.29, 1.82) is 0 Å². The molecule has 0 saturated carbocycles. The summed E-state index contributed by atoms with van der Waals surface area (Å²) in [5.41, 5.74) is 2.51. The van der Waals surface area contributed by atoms with Crippen LogP contribution < -0.4 is 0 Å². The number of rotatable bonds is 10. The minimum atomic E-state index is -0.404. The number of nitrogens with zero attached hydrogens (tertiary/aromatic N) is 1. The molecule has 2 nitrogen and oxygen atoms in total. The van der Waals surface area contributed by atoms with E-state index in [0.717, 1.165) is 24.1 Å². The van der Waals surface area contributed by atoms with Crippen LogP contribution >= 0.6 is 0 Å². The molecule has 0 fully saturated rings. The van der Waals surface area contributed by atoms with E-state index in [1.807, 2.05) is 18.2 Å². The monoisotopic (exact) mass is 415 g/mol. The Kier molecular flexibility index (Phi) is 8.31. The summed E-state index contributed by atoms with van der Waals surface area (Å²) in [6.07, 6.45) is 2.25. The maximum absolute atomic E-state index is 10.8. The Morgan fingerprint density at radius 1 is 1.00 bits per heavy atom. The van der Waals surface area contributed by atoms with Gasteiger partial charge in [0.15, 0.2) is 0 Å². The van der Waals surface area contributed by atoms with Crippen LogP contribution in [0.15, 0.2) is 73.3 Å². The molecule has 0 unspecified atom stereocenters. The number of hydrogen-bond donors (Lipinski definition) is 1. The van der Waals surface area contributed by atoms with E-state index in [-0.39, 0.29) is 11.8 Å². The van der Waals surface area contributed by atoms with E-state index >= 15 is 0 Å². The van der Waals surface area contributed by atoms with E-state index in [9.17, 15) is 5.11 Å². The minimum absolute atomic E-state index is 0.0277. The topological polar surface area (TPSA) is 23.5 Å². The van der Waals surface area contributed by atoms with Gasteiger partial charge in [0, 0.05) is 0 Å². The van der Waals surface area contributed by atoms with Gasteiger partial charge in [-0.3, -0.25) is 0 Å². The van der Waals surface area contributed by atoms with E-state index < -0.39 is 6.10 Å². The molecule has 0 radical (unpaired) electrons. The number of allylic oxidation sites excluding steroid dienone is 1. The van der Waals surface area contributed by atoms with Gasteiger partial charge in [0.05, 0.1) is 0 Å². The Balaban J connectivity index is 2.27. The molecule has 0 amide bonds. The summed E-state index contributed by atoms with van der Waals surface area (Å²) in [6.45, 7) is 9.62. The Labute approximate surface area is 165 Å². The summed E-state index contributed by atoms with van der Waals surface area (Å²) >= 11 is 3.27. The fraction of sp³-hybridized carbons (Fsp3) is 0.348. The molecule has 2 atom stereocenters. The average Bonchev–Trinajstić information content (AvgIpc) is 2.66. The summed E-state index contributed by atoms with van der Waals surface area (Å²) in [5.74, 6) is 0.221. The first-order valence-corrected chi connectivity index (χ1v) is 10.0. The van der Waals surface area contributed by atoms with Crippen LogP contribution in [0.1, 0.15) is 31.4 Å². The summed E-state index contributed by atoms with van der Waals surface area (Å²) in [4.78, 5) is 2.34. The standard InChI is InChI=1S/C23H29NOSe/c1-4-11-21(22(25)18(2)3)23(26)24(16-19-12-7-5-8-13-19)17-20-14-9-6-10-15-20/h4-10,12-15,18,21-22,25H,1,11,16-17H2,2-3H3/t21-,22-/m0/s1. The quantitative estimate of drug-likeness (QED) is 0.465. The first-order valence-electron chi connectivity index (χ1n) is 9.18. The van der Waals surface area contributed by atoms with Crippen molar-refractivity contribution >= 4 is 20.1 Å². The van der Waals surface area contributed by atoms with Gasteiger partial charge in [-0.25, -0.2) is 0 Å². The molecule has 1 N–H and O–H groups in total. The van der Waals surface area contributed by atoms with Gasteiger partial charge in [-0.2, -0.15) is 0 Å². The molecule has 0 aliphatic carbocycles. The molecule has 0 heterocycles. The molecule has 2 aromatic rings. The van der Waals surface area contributed by atoms with E-state index in [2.05, 4.69) is 89.4 Å². The Morgan fingerprint density at radius 3 is 1.85 bits per heavy atom. The summed E-state index contributed by atoms with van der Waals surface area (Å²) in [7, 11) is 0. The average molecular weight is 414 g/mol. The van der Waals surface area contributed by atoms with Crippen LogP contribution in [0.4, 0.5) is 0 Å². The van der Waals surface area contributed by atoms with Crippen molar-refractivity contribution < 1.29 is 5.11 Å². The van der Waals surface area contributed by atoms with Crippen LogP contribution in [0.3, 0.4) is 0 Å². The molecule has 26 heavy (non-hydrogen) atoms. The number of aliphatic hydroxyl groups is 1. The van der Waals surface area contributed by atoms with Crippen molar-refractivity contribution in [3.63, 3.8) is 0 Å². The predicted molar refractivity (Wildman–Crippen MR) is 112 cm³/mol. The fourth-order valence-corrected chi connectivity index (χ4v) is 3.85. The number of hydrogen-bond acceptors (Lipinski definition) is 2. The molecular weight excluding hydrogens is 385 g/mol. The molecule has 0 aromatic heterocycles. The van der Waals surface area contributed by atoms with Crippen LogP contribution in [0.5, 0.6) is 0 Å². The molecule has 0 saturated heterocycles. The van der Waals surface area contributed by atoms with Crippen molar-refractivity contribution in [1.82, 2.24) is 4.90 Å². The van der Waals surface area contributed by atoms with Crippen LogP contribution in [0.25, 0.3) is 0 Å². The van der Waals surface area contributed by atoms with Gasteiger partial charge in [0.2, 0.25) is 0 Å². The van der Waals surface area contributed by atoms with Gasteiger partial charge in [-0.15, -0.1) is 0 Å². The zero-order valence-corrected chi connectivity index (χ0v) is 17.4. The molecule has 138 valence electrons. The molecule has 3 heteroatoms. The first-order chi connectivity index (χ1) is 12.5. The van der Waals surface area contributed by atoms with Crippen molar-refractivity contribution in [2.75, 3.05) is 0 Å². The van der Waals surface area contributed by atoms with Crippen LogP contribution in [-0.4, -0.2) is 36.2 Å². The van der Waals surface area contributed by atoms with Crippen LogP contribution in [0.2, 0.25) is 0 Å². The second-order valence-electron chi connectivity index (χ2n) is 7.03. The SMILES string of the molecule is C=CC[C@H](C(=[Se])N(Cc1ccccc1)Cc1ccccc1)[C@@H](O)C(C)C. The van der Waals surface area contributed by atoms with Gasteiger partial charge in [-0.05, 0) is 0 Å². The van der Waals surface area contributed by atoms with E-state index in [1.54, 1.807) is 0 Å². The molecular formula is C23H29NOSe. The fourth-order valence-electron chi connectivity index (χ4n) is 3.08. The summed E-state index contributed by atoms with van der Waals surface area (Å²) in [5, 5.41) is 10.8. The molecule has 2 aromatic carbocycles. The Morgan fingerprint density at radius 2 is 1.46 bits per heavy atom. The Hall–Kier alpha value is -1.67. The van der Waals surface area contributed by atoms with Crippen molar-refractivity contribution in [3.8, 4) is 0 Å². The van der Waals surface area contributed by atoms with Gasteiger partial charge in [0.1, 0.15) is 0 Å².